The van der Waals surface area contributed by atoms with E-state index in [0.29, 0.717) is 19.0 Å². The van der Waals surface area contributed by atoms with Gasteiger partial charge < -0.3 is 5.11 Å². The van der Waals surface area contributed by atoms with Gasteiger partial charge in [0.2, 0.25) is 0 Å². The second-order valence-corrected chi connectivity index (χ2v) is 8.04. The van der Waals surface area contributed by atoms with E-state index in [1.807, 2.05) is 0 Å². The monoisotopic (exact) mass is 292 g/mol. The van der Waals surface area contributed by atoms with E-state index in [1.54, 1.807) is 20.8 Å². The van der Waals surface area contributed by atoms with Gasteiger partial charge >= 0.3 is 5.97 Å². The van der Waals surface area contributed by atoms with Crippen molar-refractivity contribution >= 4 is 16.2 Å². The van der Waals surface area contributed by atoms with E-state index in [0.717, 1.165) is 12.8 Å². The van der Waals surface area contributed by atoms with E-state index < -0.39 is 27.6 Å². The zero-order chi connectivity index (χ0) is 14.8. The van der Waals surface area contributed by atoms with E-state index in [4.69, 9.17) is 5.11 Å². The first kappa shape index (κ1) is 16.4. The van der Waals surface area contributed by atoms with E-state index in [1.165, 1.54) is 4.31 Å². The van der Waals surface area contributed by atoms with Gasteiger partial charge in [-0.3, -0.25) is 4.79 Å². The molecule has 1 saturated heterocycles. The van der Waals surface area contributed by atoms with Crippen LogP contribution in [0.5, 0.6) is 0 Å². The summed E-state index contributed by atoms with van der Waals surface area (Å²) in [6.07, 6.45) is 1.63. The maximum atomic E-state index is 12.2. The highest BCUT2D eigenvalue weighted by Crippen LogP contribution is 2.23. The van der Waals surface area contributed by atoms with Crippen molar-refractivity contribution in [3.05, 3.63) is 0 Å². The second-order valence-electron chi connectivity index (χ2n) is 6.34. The molecule has 2 N–H and O–H groups in total. The standard InChI is InChI=1S/C12H24N2O4S/c1-9-5-7-14(8-6-9)19(17,18)13-10(11(15)16)12(2,3)4/h9-10,13H,5-8H2,1-4H3,(H,15,16)/t10-/m0/s1. The maximum Gasteiger partial charge on any atom is 0.322 e. The normalized spacial score (nSPS) is 21.3. The molecule has 112 valence electrons. The molecule has 1 atom stereocenters. The van der Waals surface area contributed by atoms with Gasteiger partial charge in [-0.15, -0.1) is 0 Å². The number of aliphatic carboxylic acids is 1. The van der Waals surface area contributed by atoms with Crippen molar-refractivity contribution in [1.29, 1.82) is 0 Å². The summed E-state index contributed by atoms with van der Waals surface area (Å²) in [5.41, 5.74) is -0.679. The van der Waals surface area contributed by atoms with Crippen LogP contribution in [0.25, 0.3) is 0 Å². The van der Waals surface area contributed by atoms with Crippen molar-refractivity contribution in [1.82, 2.24) is 9.03 Å². The van der Waals surface area contributed by atoms with Gasteiger partial charge in [-0.25, -0.2) is 0 Å². The minimum Gasteiger partial charge on any atom is -0.480 e. The Balaban J connectivity index is 2.80. The van der Waals surface area contributed by atoms with Crippen molar-refractivity contribution in [3.8, 4) is 0 Å². The van der Waals surface area contributed by atoms with Crippen LogP contribution in [0, 0.1) is 11.3 Å². The van der Waals surface area contributed by atoms with Gasteiger partial charge in [0.1, 0.15) is 6.04 Å². The molecule has 1 heterocycles. The third kappa shape index (κ3) is 4.43. The average molecular weight is 292 g/mol. The Hall–Kier alpha value is -0.660. The summed E-state index contributed by atoms with van der Waals surface area (Å²) >= 11 is 0. The van der Waals surface area contributed by atoms with Crippen LogP contribution in [-0.4, -0.2) is 42.9 Å². The van der Waals surface area contributed by atoms with Gasteiger partial charge in [-0.05, 0) is 24.2 Å². The molecule has 0 amide bonds. The number of carbonyl (C=O) groups is 1. The summed E-state index contributed by atoms with van der Waals surface area (Å²) in [6, 6.07) is -1.13. The number of rotatable bonds is 4. The van der Waals surface area contributed by atoms with Gasteiger partial charge in [-0.2, -0.15) is 17.4 Å². The highest BCUT2D eigenvalue weighted by Gasteiger charge is 2.37. The van der Waals surface area contributed by atoms with Crippen LogP contribution in [0.3, 0.4) is 0 Å². The Bertz CT molecular complexity index is 420. The van der Waals surface area contributed by atoms with Crippen LogP contribution >= 0.6 is 0 Å². The lowest BCUT2D eigenvalue weighted by Crippen LogP contribution is -2.54. The molecule has 0 unspecified atom stereocenters. The molecule has 0 radical (unpaired) electrons. The zero-order valence-electron chi connectivity index (χ0n) is 12.0. The van der Waals surface area contributed by atoms with Crippen LogP contribution in [-0.2, 0) is 15.0 Å². The third-order valence-electron chi connectivity index (χ3n) is 3.46. The SMILES string of the molecule is CC1CCN(S(=O)(=O)N[C@@H](C(=O)O)C(C)(C)C)CC1. The number of carboxylic acid groups (broad SMARTS) is 1. The van der Waals surface area contributed by atoms with Crippen LogP contribution < -0.4 is 4.72 Å². The predicted molar refractivity (Wildman–Crippen MR) is 72.9 cm³/mol. The second kappa shape index (κ2) is 5.76. The molecule has 19 heavy (non-hydrogen) atoms. The molecule has 0 bridgehead atoms. The molecule has 7 heteroatoms. The number of nitrogens with zero attached hydrogens (tertiary/aromatic N) is 1. The van der Waals surface area contributed by atoms with E-state index in [9.17, 15) is 13.2 Å². The van der Waals surface area contributed by atoms with Gasteiger partial charge in [0, 0.05) is 13.1 Å². The fourth-order valence-corrected chi connectivity index (χ4v) is 3.64. The highest BCUT2D eigenvalue weighted by atomic mass is 32.2. The lowest BCUT2D eigenvalue weighted by molar-refractivity contribution is -0.141. The van der Waals surface area contributed by atoms with E-state index in [2.05, 4.69) is 11.6 Å². The first-order valence-electron chi connectivity index (χ1n) is 6.54. The number of piperidine rings is 1. The van der Waals surface area contributed by atoms with Gasteiger partial charge in [0.25, 0.3) is 10.2 Å². The van der Waals surface area contributed by atoms with Crippen molar-refractivity contribution < 1.29 is 18.3 Å². The van der Waals surface area contributed by atoms with Crippen LogP contribution in [0.1, 0.15) is 40.5 Å². The molecule has 0 aromatic heterocycles. The maximum absolute atomic E-state index is 12.2. The van der Waals surface area contributed by atoms with Gasteiger partial charge in [0.05, 0.1) is 0 Å². The van der Waals surface area contributed by atoms with Crippen LogP contribution in [0.15, 0.2) is 0 Å². The Kier molecular flexibility index (Phi) is 4.97. The fourth-order valence-electron chi connectivity index (χ4n) is 2.05. The molecule has 0 saturated carbocycles. The Morgan fingerprint density at radius 3 is 2.16 bits per heavy atom. The lowest BCUT2D eigenvalue weighted by atomic mass is 9.88. The molecule has 0 aromatic rings. The molecule has 1 rings (SSSR count). The van der Waals surface area contributed by atoms with E-state index >= 15 is 0 Å². The highest BCUT2D eigenvalue weighted by molar-refractivity contribution is 7.87. The van der Waals surface area contributed by atoms with Crippen LogP contribution in [0.2, 0.25) is 0 Å². The zero-order valence-corrected chi connectivity index (χ0v) is 12.8. The smallest absolute Gasteiger partial charge is 0.322 e. The summed E-state index contributed by atoms with van der Waals surface area (Å²) in [5.74, 6) is -0.634. The number of hydrogen-bond donors (Lipinski definition) is 2. The van der Waals surface area contributed by atoms with Gasteiger partial charge in [0.15, 0.2) is 0 Å². The lowest BCUT2D eigenvalue weighted by Gasteiger charge is -2.33. The van der Waals surface area contributed by atoms with Crippen molar-refractivity contribution in [2.75, 3.05) is 13.1 Å². The molecular formula is C12H24N2O4S. The summed E-state index contributed by atoms with van der Waals surface area (Å²) < 4.78 is 28.1. The molecule has 1 aliphatic heterocycles. The van der Waals surface area contributed by atoms with Crippen LogP contribution in [0.4, 0.5) is 0 Å². The first-order chi connectivity index (χ1) is 8.54. The third-order valence-corrected chi connectivity index (χ3v) is 5.04. The molecule has 1 fully saturated rings. The Labute approximate surface area is 115 Å². The molecule has 6 nitrogen and oxygen atoms in total. The topological polar surface area (TPSA) is 86.7 Å². The number of nitrogens with one attached hydrogen (secondary N) is 1. The number of carboxylic acids is 1. The van der Waals surface area contributed by atoms with Crippen molar-refractivity contribution in [3.63, 3.8) is 0 Å². The Morgan fingerprint density at radius 2 is 1.79 bits per heavy atom. The largest absolute Gasteiger partial charge is 0.480 e. The minimum atomic E-state index is -3.73. The molecule has 0 spiro atoms. The van der Waals surface area contributed by atoms with E-state index in [-0.39, 0.29) is 0 Å². The van der Waals surface area contributed by atoms with Gasteiger partial charge in [-0.1, -0.05) is 27.7 Å². The quantitative estimate of drug-likeness (QED) is 0.811. The minimum absolute atomic E-state index is 0.451. The average Bonchev–Trinajstić information content (AvgIpc) is 2.24. The molecule has 0 aromatic carbocycles. The summed E-state index contributed by atoms with van der Waals surface area (Å²) in [6.45, 7) is 8.10. The molecular weight excluding hydrogens is 268 g/mol. The van der Waals surface area contributed by atoms with Crippen molar-refractivity contribution in [2.45, 2.75) is 46.6 Å². The Morgan fingerprint density at radius 1 is 1.32 bits per heavy atom. The molecule has 1 aliphatic rings. The number of hydrogen-bond acceptors (Lipinski definition) is 3. The van der Waals surface area contributed by atoms with Crippen molar-refractivity contribution in [2.24, 2.45) is 11.3 Å². The fraction of sp³-hybridized carbons (Fsp3) is 0.917. The summed E-state index contributed by atoms with van der Waals surface area (Å²) in [4.78, 5) is 11.2. The first-order valence-corrected chi connectivity index (χ1v) is 7.98. The summed E-state index contributed by atoms with van der Waals surface area (Å²) in [5, 5.41) is 9.17. The predicted octanol–water partition coefficient (Wildman–Crippen LogP) is 1.05. The summed E-state index contributed by atoms with van der Waals surface area (Å²) in [7, 11) is -3.73. The molecule has 0 aliphatic carbocycles.